The lowest BCUT2D eigenvalue weighted by Crippen LogP contribution is -2.30. The third kappa shape index (κ3) is 2.73. The molecule has 0 atom stereocenters. The van der Waals surface area contributed by atoms with Gasteiger partial charge in [0.2, 0.25) is 5.69 Å². The maximum absolute atomic E-state index is 4.34. The lowest BCUT2D eigenvalue weighted by molar-refractivity contribution is -0.659. The van der Waals surface area contributed by atoms with Gasteiger partial charge in [0.05, 0.1) is 0 Å². The molecule has 0 aliphatic carbocycles. The molecule has 0 aliphatic heterocycles. The molecule has 2 aromatic heterocycles. The number of rotatable bonds is 2. The van der Waals surface area contributed by atoms with Crippen LogP contribution in [-0.2, 0) is 7.05 Å². The van der Waals surface area contributed by atoms with Crippen LogP contribution < -0.4 is 4.57 Å². The van der Waals surface area contributed by atoms with Gasteiger partial charge in [-0.2, -0.15) is 0 Å². The number of hydrogen-bond donors (Lipinski definition) is 0. The lowest BCUT2D eigenvalue weighted by atomic mass is 9.95. The van der Waals surface area contributed by atoms with Gasteiger partial charge in [-0.25, -0.2) is 19.5 Å². The van der Waals surface area contributed by atoms with Crippen molar-refractivity contribution < 1.29 is 4.57 Å². The van der Waals surface area contributed by atoms with Crippen molar-refractivity contribution in [2.75, 3.05) is 0 Å². The van der Waals surface area contributed by atoms with Crippen LogP contribution in [0.25, 0.3) is 33.4 Å². The highest BCUT2D eigenvalue weighted by atomic mass is 15.0. The molecule has 0 fully saturated rings. The second kappa shape index (κ2) is 6.30. The van der Waals surface area contributed by atoms with Crippen molar-refractivity contribution in [1.29, 1.82) is 0 Å². The van der Waals surface area contributed by atoms with Crippen LogP contribution in [0.15, 0.2) is 55.2 Å². The number of aromatic nitrogens is 4. The Morgan fingerprint density at radius 2 is 1.65 bits per heavy atom. The van der Waals surface area contributed by atoms with Crippen molar-refractivity contribution in [2.45, 2.75) is 20.8 Å². The van der Waals surface area contributed by atoms with Crippen LogP contribution in [0, 0.1) is 20.8 Å². The van der Waals surface area contributed by atoms with Crippen LogP contribution in [0.3, 0.4) is 0 Å². The average molecular weight is 341 g/mol. The van der Waals surface area contributed by atoms with Gasteiger partial charge in [-0.05, 0) is 44.0 Å². The van der Waals surface area contributed by atoms with E-state index in [2.05, 4.69) is 83.9 Å². The summed E-state index contributed by atoms with van der Waals surface area (Å²) in [6.45, 7) is 6.50. The van der Waals surface area contributed by atoms with Gasteiger partial charge in [0, 0.05) is 28.0 Å². The number of hydrogen-bond acceptors (Lipinski definition) is 3. The molecule has 4 aromatic rings. The summed E-state index contributed by atoms with van der Waals surface area (Å²) in [4.78, 5) is 12.6. The molecule has 0 N–H and O–H groups in total. The summed E-state index contributed by atoms with van der Waals surface area (Å²) in [5.41, 5.74) is 7.36. The summed E-state index contributed by atoms with van der Waals surface area (Å²) >= 11 is 0. The number of fused-ring (bicyclic) bond motifs is 1. The van der Waals surface area contributed by atoms with Crippen LogP contribution in [0.1, 0.15) is 16.7 Å². The van der Waals surface area contributed by atoms with Gasteiger partial charge in [-0.1, -0.05) is 23.8 Å². The maximum atomic E-state index is 4.34. The summed E-state index contributed by atoms with van der Waals surface area (Å²) in [6, 6.07) is 13.0. The van der Waals surface area contributed by atoms with E-state index in [1.54, 1.807) is 12.7 Å². The summed E-state index contributed by atoms with van der Waals surface area (Å²) in [7, 11) is 2.10. The number of benzene rings is 2. The van der Waals surface area contributed by atoms with Crippen molar-refractivity contribution in [2.24, 2.45) is 7.05 Å². The monoisotopic (exact) mass is 341 g/mol. The van der Waals surface area contributed by atoms with Gasteiger partial charge in [-0.3, -0.25) is 0 Å². The van der Waals surface area contributed by atoms with E-state index in [-0.39, 0.29) is 0 Å². The smallest absolute Gasteiger partial charge is 0.213 e. The van der Waals surface area contributed by atoms with Crippen LogP contribution >= 0.6 is 0 Å². The minimum absolute atomic E-state index is 0.697. The molecule has 128 valence electrons. The summed E-state index contributed by atoms with van der Waals surface area (Å²) in [5.74, 6) is 0.697. The molecule has 0 unspecified atom stereocenters. The van der Waals surface area contributed by atoms with Crippen molar-refractivity contribution in [3.05, 3.63) is 71.9 Å². The largest absolute Gasteiger partial charge is 0.225 e. The van der Waals surface area contributed by atoms with E-state index < -0.39 is 0 Å². The third-order valence-electron chi connectivity index (χ3n) is 4.96. The standard InChI is InChI=1S/C22H21N4/c1-14-8-15(2)16(3)19(9-14)21-10-20-17(11-26(21)4)6-5-7-18(20)22-24-12-23-13-25-22/h5-13H,1-4H3/q+1. The molecule has 0 amide bonds. The van der Waals surface area contributed by atoms with Crippen molar-refractivity contribution >= 4 is 10.8 Å². The topological polar surface area (TPSA) is 42.6 Å². The molecule has 0 saturated carbocycles. The highest BCUT2D eigenvalue weighted by Gasteiger charge is 2.18. The molecule has 2 heterocycles. The number of aryl methyl sites for hydroxylation is 3. The van der Waals surface area contributed by atoms with E-state index >= 15 is 0 Å². The molecule has 2 aromatic carbocycles. The number of nitrogens with zero attached hydrogens (tertiary/aromatic N) is 4. The highest BCUT2D eigenvalue weighted by molar-refractivity contribution is 5.95. The predicted octanol–water partition coefficient (Wildman–Crippen LogP) is 4.11. The number of pyridine rings is 1. The first-order valence-corrected chi connectivity index (χ1v) is 8.67. The predicted molar refractivity (Wildman–Crippen MR) is 104 cm³/mol. The molecule has 0 saturated heterocycles. The summed E-state index contributed by atoms with van der Waals surface area (Å²) in [6.07, 6.45) is 5.25. The Labute approximate surface area is 153 Å². The fraction of sp³-hybridized carbons (Fsp3) is 0.182. The second-order valence-corrected chi connectivity index (χ2v) is 6.79. The van der Waals surface area contributed by atoms with Crippen LogP contribution in [0.4, 0.5) is 0 Å². The van der Waals surface area contributed by atoms with E-state index in [4.69, 9.17) is 0 Å². The molecular formula is C22H21N4+. The molecule has 4 heteroatoms. The molecule has 0 spiro atoms. The summed E-state index contributed by atoms with van der Waals surface area (Å²) < 4.78 is 2.20. The van der Waals surface area contributed by atoms with E-state index in [9.17, 15) is 0 Å². The molecule has 0 radical (unpaired) electrons. The average Bonchev–Trinajstić information content (AvgIpc) is 2.64. The van der Waals surface area contributed by atoms with E-state index in [1.807, 2.05) is 6.07 Å². The normalized spacial score (nSPS) is 11.1. The highest BCUT2D eigenvalue weighted by Crippen LogP contribution is 2.30. The van der Waals surface area contributed by atoms with Crippen molar-refractivity contribution in [3.63, 3.8) is 0 Å². The summed E-state index contributed by atoms with van der Waals surface area (Å²) in [5, 5.41) is 2.31. The van der Waals surface area contributed by atoms with Gasteiger partial charge in [-0.15, -0.1) is 0 Å². The second-order valence-electron chi connectivity index (χ2n) is 6.79. The molecule has 4 rings (SSSR count). The first-order chi connectivity index (χ1) is 12.5. The zero-order chi connectivity index (χ0) is 18.3. The zero-order valence-electron chi connectivity index (χ0n) is 15.5. The van der Waals surface area contributed by atoms with Crippen molar-refractivity contribution in [1.82, 2.24) is 15.0 Å². The third-order valence-corrected chi connectivity index (χ3v) is 4.96. The Morgan fingerprint density at radius 1 is 0.885 bits per heavy atom. The van der Waals surface area contributed by atoms with E-state index in [1.165, 1.54) is 27.9 Å². The Morgan fingerprint density at radius 3 is 2.42 bits per heavy atom. The Bertz CT molecular complexity index is 1120. The van der Waals surface area contributed by atoms with Gasteiger partial charge in [0.25, 0.3) is 0 Å². The van der Waals surface area contributed by atoms with Gasteiger partial charge >= 0.3 is 0 Å². The fourth-order valence-corrected chi connectivity index (χ4v) is 3.52. The van der Waals surface area contributed by atoms with Gasteiger partial charge in [0.15, 0.2) is 12.0 Å². The van der Waals surface area contributed by atoms with Gasteiger partial charge in [0.1, 0.15) is 19.7 Å². The fourth-order valence-electron chi connectivity index (χ4n) is 3.52. The Hall–Kier alpha value is -3.14. The van der Waals surface area contributed by atoms with Crippen LogP contribution in [0.2, 0.25) is 0 Å². The minimum atomic E-state index is 0.697. The molecule has 26 heavy (non-hydrogen) atoms. The molecule has 0 aliphatic rings. The first kappa shape index (κ1) is 16.3. The van der Waals surface area contributed by atoms with Gasteiger partial charge < -0.3 is 0 Å². The molecular weight excluding hydrogens is 320 g/mol. The van der Waals surface area contributed by atoms with Crippen LogP contribution in [-0.4, -0.2) is 15.0 Å². The van der Waals surface area contributed by atoms with Crippen LogP contribution in [0.5, 0.6) is 0 Å². The molecule has 0 bridgehead atoms. The van der Waals surface area contributed by atoms with E-state index in [0.29, 0.717) is 5.82 Å². The Balaban J connectivity index is 2.03. The van der Waals surface area contributed by atoms with E-state index in [0.717, 1.165) is 16.3 Å². The van der Waals surface area contributed by atoms with Crippen molar-refractivity contribution in [3.8, 4) is 22.6 Å². The first-order valence-electron chi connectivity index (χ1n) is 8.67. The zero-order valence-corrected chi connectivity index (χ0v) is 15.5. The SMILES string of the molecule is Cc1cc(C)c(C)c(-c2cc3c(-c4ncncn4)cccc3c[n+]2C)c1. The maximum Gasteiger partial charge on any atom is 0.213 e. The minimum Gasteiger partial charge on any atom is -0.225 e. The Kier molecular flexibility index (Phi) is 3.96. The molecule has 4 nitrogen and oxygen atoms in total. The lowest BCUT2D eigenvalue weighted by Gasteiger charge is -2.11. The quantitative estimate of drug-likeness (QED) is 0.515.